The van der Waals surface area contributed by atoms with E-state index in [9.17, 15) is 4.79 Å². The summed E-state index contributed by atoms with van der Waals surface area (Å²) >= 11 is 0. The summed E-state index contributed by atoms with van der Waals surface area (Å²) < 4.78 is 10.9. The Morgan fingerprint density at radius 2 is 2.00 bits per heavy atom. The molecule has 1 amide bonds. The number of benzene rings is 1. The molecule has 130 valence electrons. The van der Waals surface area contributed by atoms with Crippen LogP contribution < -0.4 is 10.1 Å². The molecule has 1 aromatic carbocycles. The van der Waals surface area contributed by atoms with Gasteiger partial charge in [0.1, 0.15) is 17.3 Å². The van der Waals surface area contributed by atoms with Gasteiger partial charge >= 0.3 is 0 Å². The van der Waals surface area contributed by atoms with Crippen molar-refractivity contribution in [1.82, 2.24) is 4.90 Å². The van der Waals surface area contributed by atoms with Gasteiger partial charge in [-0.3, -0.25) is 9.69 Å². The molecule has 0 bridgehead atoms. The molecule has 2 rings (SSSR count). The van der Waals surface area contributed by atoms with Gasteiger partial charge in [-0.2, -0.15) is 0 Å². The van der Waals surface area contributed by atoms with Crippen LogP contribution in [0.5, 0.6) is 5.75 Å². The van der Waals surface area contributed by atoms with Gasteiger partial charge in [-0.1, -0.05) is 6.07 Å². The second-order valence-electron chi connectivity index (χ2n) is 6.26. The minimum Gasteiger partial charge on any atom is -0.495 e. The van der Waals surface area contributed by atoms with E-state index in [1.165, 1.54) is 0 Å². The molecule has 1 N–H and O–H groups in total. The van der Waals surface area contributed by atoms with Gasteiger partial charge in [0.05, 0.1) is 25.9 Å². The second-order valence-corrected chi connectivity index (χ2v) is 6.26. The maximum atomic E-state index is 12.5. The molecule has 0 aliphatic heterocycles. The highest BCUT2D eigenvalue weighted by molar-refractivity contribution is 5.93. The van der Waals surface area contributed by atoms with Crippen molar-refractivity contribution in [3.05, 3.63) is 47.4 Å². The number of amides is 1. The summed E-state index contributed by atoms with van der Waals surface area (Å²) in [6.07, 6.45) is 0. The average molecular weight is 330 g/mol. The van der Waals surface area contributed by atoms with Crippen LogP contribution in [0.15, 0.2) is 34.7 Å². The van der Waals surface area contributed by atoms with E-state index < -0.39 is 0 Å². The summed E-state index contributed by atoms with van der Waals surface area (Å²) in [5.41, 5.74) is 1.76. The summed E-state index contributed by atoms with van der Waals surface area (Å²) in [7, 11) is 1.60. The number of carbonyl (C=O) groups excluding carboxylic acids is 1. The number of methoxy groups -OCH3 is 1. The predicted molar refractivity (Wildman–Crippen MR) is 95.4 cm³/mol. The Kier molecular flexibility index (Phi) is 6.04. The maximum Gasteiger partial charge on any atom is 0.238 e. The number of ether oxygens (including phenoxy) is 1. The Morgan fingerprint density at radius 3 is 2.58 bits per heavy atom. The molecule has 5 heteroatoms. The molecule has 0 aliphatic rings. The predicted octanol–water partition coefficient (Wildman–Crippen LogP) is 3.75. The molecular weight excluding hydrogens is 304 g/mol. The smallest absolute Gasteiger partial charge is 0.238 e. The first-order chi connectivity index (χ1) is 11.4. The van der Waals surface area contributed by atoms with Gasteiger partial charge in [-0.15, -0.1) is 0 Å². The van der Waals surface area contributed by atoms with Crippen LogP contribution in [0.3, 0.4) is 0 Å². The zero-order valence-electron chi connectivity index (χ0n) is 15.1. The van der Waals surface area contributed by atoms with Gasteiger partial charge in [-0.25, -0.2) is 0 Å². The lowest BCUT2D eigenvalue weighted by Gasteiger charge is -2.25. The highest BCUT2D eigenvalue weighted by atomic mass is 16.5. The topological polar surface area (TPSA) is 54.7 Å². The normalized spacial score (nSPS) is 11.1. The van der Waals surface area contributed by atoms with Crippen LogP contribution in [0, 0.1) is 13.8 Å². The highest BCUT2D eigenvalue weighted by Crippen LogP contribution is 2.25. The summed E-state index contributed by atoms with van der Waals surface area (Å²) in [6, 6.07) is 9.83. The fraction of sp³-hybridized carbons (Fsp3) is 0.421. The molecule has 5 nitrogen and oxygen atoms in total. The van der Waals surface area contributed by atoms with E-state index in [0.29, 0.717) is 18.0 Å². The summed E-state index contributed by atoms with van der Waals surface area (Å²) in [6.45, 7) is 8.92. The first kappa shape index (κ1) is 18.1. The fourth-order valence-electron chi connectivity index (χ4n) is 2.49. The zero-order chi connectivity index (χ0) is 17.7. The zero-order valence-corrected chi connectivity index (χ0v) is 15.1. The second kappa shape index (κ2) is 8.02. The molecule has 1 heterocycles. The summed E-state index contributed by atoms with van der Waals surface area (Å²) in [4.78, 5) is 14.5. The van der Waals surface area contributed by atoms with Crippen molar-refractivity contribution in [2.24, 2.45) is 0 Å². The van der Waals surface area contributed by atoms with Gasteiger partial charge in [0.2, 0.25) is 5.91 Å². The van der Waals surface area contributed by atoms with Crippen LogP contribution in [-0.4, -0.2) is 30.5 Å². The number of nitrogens with one attached hydrogen (secondary N) is 1. The lowest BCUT2D eigenvalue weighted by molar-refractivity contribution is -0.117. The lowest BCUT2D eigenvalue weighted by Crippen LogP contribution is -2.37. The molecule has 0 unspecified atom stereocenters. The number of carbonyl (C=O) groups is 1. The van der Waals surface area contributed by atoms with Gasteiger partial charge in [-0.05, 0) is 57.5 Å². The van der Waals surface area contributed by atoms with Crippen LogP contribution in [0.1, 0.15) is 30.9 Å². The molecule has 0 fully saturated rings. The summed E-state index contributed by atoms with van der Waals surface area (Å²) in [5.74, 6) is 2.33. The minimum absolute atomic E-state index is 0.0733. The van der Waals surface area contributed by atoms with Gasteiger partial charge in [0.15, 0.2) is 0 Å². The molecule has 0 saturated carbocycles. The first-order valence-corrected chi connectivity index (χ1v) is 8.13. The quantitative estimate of drug-likeness (QED) is 0.840. The van der Waals surface area contributed by atoms with Crippen LogP contribution in [0.25, 0.3) is 0 Å². The van der Waals surface area contributed by atoms with E-state index in [0.717, 1.165) is 17.1 Å². The summed E-state index contributed by atoms with van der Waals surface area (Å²) in [5, 5.41) is 2.94. The van der Waals surface area contributed by atoms with Crippen molar-refractivity contribution < 1.29 is 13.9 Å². The van der Waals surface area contributed by atoms with E-state index in [1.54, 1.807) is 7.11 Å². The standard InChI is InChI=1S/C19H26N2O3/c1-13(2)21(11-16-8-7-15(4)24-16)12-19(22)20-17-10-14(3)6-9-18(17)23-5/h6-10,13H,11-12H2,1-5H3,(H,20,22). The minimum atomic E-state index is -0.0733. The van der Waals surface area contributed by atoms with Crippen LogP contribution >= 0.6 is 0 Å². The van der Waals surface area contributed by atoms with Gasteiger partial charge < -0.3 is 14.5 Å². The van der Waals surface area contributed by atoms with E-state index in [-0.39, 0.29) is 18.5 Å². The van der Waals surface area contributed by atoms with Crippen molar-refractivity contribution in [3.63, 3.8) is 0 Å². The van der Waals surface area contributed by atoms with Crippen LogP contribution in [0.2, 0.25) is 0 Å². The molecule has 0 saturated heterocycles. The number of hydrogen-bond donors (Lipinski definition) is 1. The molecule has 2 aromatic rings. The Morgan fingerprint density at radius 1 is 1.25 bits per heavy atom. The number of nitrogens with zero attached hydrogens (tertiary/aromatic N) is 1. The van der Waals surface area contributed by atoms with Crippen LogP contribution in [-0.2, 0) is 11.3 Å². The Bertz CT molecular complexity index is 692. The molecule has 0 atom stereocenters. The Balaban J connectivity index is 2.04. The molecule has 0 aliphatic carbocycles. The van der Waals surface area contributed by atoms with E-state index in [1.807, 2.05) is 44.2 Å². The fourth-order valence-corrected chi connectivity index (χ4v) is 2.49. The van der Waals surface area contributed by atoms with E-state index >= 15 is 0 Å². The SMILES string of the molecule is COc1ccc(C)cc1NC(=O)CN(Cc1ccc(C)o1)C(C)C. The van der Waals surface area contributed by atoms with Crippen molar-refractivity contribution >= 4 is 11.6 Å². The highest BCUT2D eigenvalue weighted by Gasteiger charge is 2.17. The van der Waals surface area contributed by atoms with Gasteiger partial charge in [0.25, 0.3) is 0 Å². The molecule has 1 aromatic heterocycles. The molecule has 24 heavy (non-hydrogen) atoms. The van der Waals surface area contributed by atoms with Crippen molar-refractivity contribution in [2.75, 3.05) is 19.0 Å². The monoisotopic (exact) mass is 330 g/mol. The van der Waals surface area contributed by atoms with Crippen LogP contribution in [0.4, 0.5) is 5.69 Å². The number of anilines is 1. The Labute approximate surface area is 143 Å². The average Bonchev–Trinajstić information content (AvgIpc) is 2.92. The first-order valence-electron chi connectivity index (χ1n) is 8.13. The van der Waals surface area contributed by atoms with E-state index in [2.05, 4.69) is 24.1 Å². The van der Waals surface area contributed by atoms with E-state index in [4.69, 9.17) is 9.15 Å². The van der Waals surface area contributed by atoms with Crippen molar-refractivity contribution in [2.45, 2.75) is 40.3 Å². The number of furan rings is 1. The largest absolute Gasteiger partial charge is 0.495 e. The number of aryl methyl sites for hydroxylation is 2. The molecular formula is C19H26N2O3. The third-order valence-electron chi connectivity index (χ3n) is 3.86. The lowest BCUT2D eigenvalue weighted by atomic mass is 10.2. The molecule has 0 radical (unpaired) electrons. The third-order valence-corrected chi connectivity index (χ3v) is 3.86. The van der Waals surface area contributed by atoms with Crippen molar-refractivity contribution in [1.29, 1.82) is 0 Å². The molecule has 0 spiro atoms. The maximum absolute atomic E-state index is 12.5. The third kappa shape index (κ3) is 4.86. The van der Waals surface area contributed by atoms with Gasteiger partial charge in [0, 0.05) is 6.04 Å². The number of hydrogen-bond acceptors (Lipinski definition) is 4. The number of rotatable bonds is 7. The Hall–Kier alpha value is -2.27. The van der Waals surface area contributed by atoms with Crippen molar-refractivity contribution in [3.8, 4) is 5.75 Å².